The summed E-state index contributed by atoms with van der Waals surface area (Å²) in [4.78, 5) is 10.9. The Balaban J connectivity index is 1.19. The molecule has 0 atom stereocenters. The van der Waals surface area contributed by atoms with Crippen LogP contribution < -0.4 is 30.2 Å². The van der Waals surface area contributed by atoms with E-state index < -0.39 is 0 Å². The first-order chi connectivity index (χ1) is 23.4. The molecule has 6 aliphatic rings. The SMILES string of the molecule is c1ccc2c(c1)-c1cccc3c1B1N2c2[se]c4c(c2N1c1ccccc1-3)N1B2c3c(cccc3-c3ccccc31)-c1ccccc1N24. The van der Waals surface area contributed by atoms with Crippen LogP contribution in [-0.2, 0) is 0 Å². The third kappa shape index (κ3) is 2.54. The number of anilines is 8. The molecule has 7 heteroatoms. The van der Waals surface area contributed by atoms with Crippen LogP contribution >= 0.6 is 0 Å². The maximum absolute atomic E-state index is 2.71. The molecular formula is C40H22B2N4Se. The molecule has 47 heavy (non-hydrogen) atoms. The predicted molar refractivity (Wildman–Crippen MR) is 197 cm³/mol. The molecule has 0 aliphatic carbocycles. The van der Waals surface area contributed by atoms with Crippen molar-refractivity contribution < 1.29 is 0 Å². The van der Waals surface area contributed by atoms with Gasteiger partial charge in [-0.3, -0.25) is 0 Å². The van der Waals surface area contributed by atoms with Gasteiger partial charge in [-0.25, -0.2) is 0 Å². The molecule has 0 saturated heterocycles. The van der Waals surface area contributed by atoms with E-state index in [4.69, 9.17) is 0 Å². The molecule has 0 spiro atoms. The van der Waals surface area contributed by atoms with Crippen molar-refractivity contribution >= 4 is 82.6 Å². The summed E-state index contributed by atoms with van der Waals surface area (Å²) in [6.07, 6.45) is 0. The number of hydrogen-bond donors (Lipinski definition) is 0. The predicted octanol–water partition coefficient (Wildman–Crippen LogP) is 8.04. The van der Waals surface area contributed by atoms with E-state index in [2.05, 4.69) is 153 Å². The molecule has 214 valence electrons. The van der Waals surface area contributed by atoms with Crippen LogP contribution in [0.5, 0.6) is 0 Å². The minimum absolute atomic E-state index is 0.0718. The Bertz CT molecular complexity index is 2410. The molecule has 13 rings (SSSR count). The minimum atomic E-state index is 0.0718. The van der Waals surface area contributed by atoms with Gasteiger partial charge in [-0.05, 0) is 0 Å². The fourth-order valence-corrected chi connectivity index (χ4v) is 12.5. The number of nitrogens with zero attached hydrogens (tertiary/aromatic N) is 4. The number of rotatable bonds is 0. The summed E-state index contributed by atoms with van der Waals surface area (Å²) in [5.74, 6) is 0. The van der Waals surface area contributed by atoms with Crippen LogP contribution in [0.4, 0.5) is 43.2 Å². The van der Waals surface area contributed by atoms with Gasteiger partial charge in [-0.15, -0.1) is 0 Å². The van der Waals surface area contributed by atoms with Crippen LogP contribution in [-0.4, -0.2) is 28.5 Å². The van der Waals surface area contributed by atoms with E-state index in [1.54, 1.807) is 0 Å². The van der Waals surface area contributed by atoms with Crippen molar-refractivity contribution in [2.24, 2.45) is 0 Å². The summed E-state index contributed by atoms with van der Waals surface area (Å²) in [7, 11) is 0. The third-order valence-electron chi connectivity index (χ3n) is 11.3. The van der Waals surface area contributed by atoms with Crippen LogP contribution in [0.25, 0.3) is 44.5 Å². The van der Waals surface area contributed by atoms with Crippen LogP contribution in [0.3, 0.4) is 0 Å². The van der Waals surface area contributed by atoms with E-state index in [9.17, 15) is 0 Å². The average molecular weight is 659 g/mol. The number of para-hydroxylation sites is 4. The van der Waals surface area contributed by atoms with Gasteiger partial charge in [0.2, 0.25) is 0 Å². The van der Waals surface area contributed by atoms with Crippen molar-refractivity contribution in [1.29, 1.82) is 0 Å². The summed E-state index contributed by atoms with van der Waals surface area (Å²) in [5.41, 5.74) is 21.7. The molecule has 0 unspecified atom stereocenters. The second kappa shape index (κ2) is 7.95. The van der Waals surface area contributed by atoms with E-state index in [-0.39, 0.29) is 28.5 Å². The Morgan fingerprint density at radius 2 is 0.617 bits per heavy atom. The van der Waals surface area contributed by atoms with Crippen molar-refractivity contribution in [2.45, 2.75) is 0 Å². The summed E-state index contributed by atoms with van der Waals surface area (Å²) < 4.78 is 2.94. The zero-order chi connectivity index (χ0) is 30.1. The monoisotopic (exact) mass is 660 g/mol. The van der Waals surface area contributed by atoms with Crippen LogP contribution in [0.2, 0.25) is 0 Å². The molecule has 0 N–H and O–H groups in total. The maximum atomic E-state index is 2.71. The van der Waals surface area contributed by atoms with Gasteiger partial charge in [-0.2, -0.15) is 0 Å². The number of benzene rings is 6. The molecule has 0 amide bonds. The van der Waals surface area contributed by atoms with Gasteiger partial charge >= 0.3 is 280 Å². The zero-order valence-corrected chi connectivity index (χ0v) is 26.8. The zero-order valence-electron chi connectivity index (χ0n) is 25.1. The molecule has 0 fully saturated rings. The van der Waals surface area contributed by atoms with Gasteiger partial charge < -0.3 is 0 Å². The molecule has 4 nitrogen and oxygen atoms in total. The van der Waals surface area contributed by atoms with Gasteiger partial charge in [0.05, 0.1) is 0 Å². The van der Waals surface area contributed by atoms with Crippen LogP contribution in [0, 0.1) is 0 Å². The van der Waals surface area contributed by atoms with Crippen LogP contribution in [0.1, 0.15) is 0 Å². The Labute approximate surface area is 278 Å². The van der Waals surface area contributed by atoms with Gasteiger partial charge in [-0.1, -0.05) is 0 Å². The first-order valence-corrected chi connectivity index (χ1v) is 18.1. The van der Waals surface area contributed by atoms with Gasteiger partial charge in [0.1, 0.15) is 0 Å². The molecule has 7 aromatic rings. The Kier molecular flexibility index (Phi) is 4.05. The summed E-state index contributed by atoms with van der Waals surface area (Å²) >= 11 is 0.0718. The van der Waals surface area contributed by atoms with E-state index in [0.717, 1.165) is 0 Å². The number of hydrogen-bond acceptors (Lipinski definition) is 4. The van der Waals surface area contributed by atoms with E-state index in [1.807, 2.05) is 0 Å². The van der Waals surface area contributed by atoms with E-state index in [1.165, 1.54) is 98.7 Å². The summed E-state index contributed by atoms with van der Waals surface area (Å²) in [6.45, 7) is 0.194. The quantitative estimate of drug-likeness (QED) is 0.153. The molecule has 0 saturated carbocycles. The summed E-state index contributed by atoms with van der Waals surface area (Å²) in [5, 5.41) is 0. The molecule has 6 aliphatic heterocycles. The van der Waals surface area contributed by atoms with Crippen molar-refractivity contribution in [3.8, 4) is 44.5 Å². The Hall–Kier alpha value is -5.35. The molecule has 6 aromatic carbocycles. The molecule has 7 heterocycles. The fourth-order valence-electron chi connectivity index (χ4n) is 9.62. The standard InChI is InChI=1S/C40H22B2N4Se/c1-5-19-31-23(11-1)27-15-9-17-29-25-13-3-7-21-33(25)45-39-37(43(31)41(45)35(27)29)38-40(47-39)46-34-22-8-4-14-26(34)30-18-10-16-28-24-12-2-6-20-32(24)44(38)42(46)36(28)30/h1-22H. The third-order valence-corrected chi connectivity index (χ3v) is 13.7. The van der Waals surface area contributed by atoms with Gasteiger partial charge in [0.15, 0.2) is 0 Å². The Morgan fingerprint density at radius 1 is 0.319 bits per heavy atom. The van der Waals surface area contributed by atoms with Crippen molar-refractivity contribution in [1.82, 2.24) is 0 Å². The topological polar surface area (TPSA) is 13.0 Å². The van der Waals surface area contributed by atoms with Gasteiger partial charge in [0, 0.05) is 0 Å². The Morgan fingerprint density at radius 3 is 0.979 bits per heavy atom. The van der Waals surface area contributed by atoms with Crippen molar-refractivity contribution in [3.63, 3.8) is 0 Å². The second-order valence-electron chi connectivity index (χ2n) is 13.2. The average Bonchev–Trinajstić information content (AvgIpc) is 3.78. The molecule has 0 radical (unpaired) electrons. The normalized spacial score (nSPS) is 15.4. The fraction of sp³-hybridized carbons (Fsp3) is 0. The van der Waals surface area contributed by atoms with E-state index in [0.29, 0.717) is 0 Å². The van der Waals surface area contributed by atoms with Crippen LogP contribution in [0.15, 0.2) is 133 Å². The first-order valence-electron chi connectivity index (χ1n) is 16.4. The van der Waals surface area contributed by atoms with Gasteiger partial charge in [0.25, 0.3) is 0 Å². The van der Waals surface area contributed by atoms with Crippen molar-refractivity contribution in [2.75, 3.05) is 19.2 Å². The molecular weight excluding hydrogens is 637 g/mol. The number of fused-ring (bicyclic) bond motifs is 19. The molecule has 0 bridgehead atoms. The second-order valence-corrected chi connectivity index (χ2v) is 15.3. The molecule has 1 aromatic heterocycles. The first kappa shape index (κ1) is 23.9. The van der Waals surface area contributed by atoms with Crippen molar-refractivity contribution in [3.05, 3.63) is 133 Å². The van der Waals surface area contributed by atoms with E-state index >= 15 is 0 Å². The summed E-state index contributed by atoms with van der Waals surface area (Å²) in [6, 6.07) is 50.2.